The average Bonchev–Trinajstić information content (AvgIpc) is 3.04. The molecular weight excluding hydrogens is 288 g/mol. The lowest BCUT2D eigenvalue weighted by Crippen LogP contribution is -2.60. The molecule has 0 bridgehead atoms. The van der Waals surface area contributed by atoms with E-state index in [0.717, 1.165) is 0 Å². The minimum Gasteiger partial charge on any atom is -0.394 e. The third-order valence-corrected chi connectivity index (χ3v) is 4.14. The second-order valence-corrected chi connectivity index (χ2v) is 5.54. The topological polar surface area (TPSA) is 138 Å². The predicted octanol–water partition coefficient (Wildman–Crippen LogP) is -3.67. The zero-order valence-electron chi connectivity index (χ0n) is 11.2. The van der Waals surface area contributed by atoms with Crippen LogP contribution in [0, 0.1) is 0 Å². The van der Waals surface area contributed by atoms with Crippen LogP contribution in [0.5, 0.6) is 0 Å². The van der Waals surface area contributed by atoms with Crippen molar-refractivity contribution in [3.8, 4) is 0 Å². The number of fused-ring (bicyclic) bond motifs is 1. The highest BCUT2D eigenvalue weighted by molar-refractivity contribution is 4.96. The molecule has 3 aliphatic rings. The summed E-state index contributed by atoms with van der Waals surface area (Å²) in [5.74, 6) is 0. The fraction of sp³-hybridized carbons (Fsp3) is 1.00. The van der Waals surface area contributed by atoms with E-state index in [2.05, 4.69) is 0 Å². The Labute approximate surface area is 120 Å². The van der Waals surface area contributed by atoms with E-state index in [1.807, 2.05) is 0 Å². The van der Waals surface area contributed by atoms with E-state index in [4.69, 9.17) is 24.1 Å². The predicted molar refractivity (Wildman–Crippen MR) is 64.1 cm³/mol. The molecule has 122 valence electrons. The molecule has 0 radical (unpaired) electrons. The van der Waals surface area contributed by atoms with E-state index in [0.29, 0.717) is 0 Å². The minimum atomic E-state index is -1.49. The molecule has 3 heterocycles. The highest BCUT2D eigenvalue weighted by atomic mass is 16.7. The van der Waals surface area contributed by atoms with Crippen LogP contribution in [-0.4, -0.2) is 100 Å². The Morgan fingerprint density at radius 1 is 0.905 bits per heavy atom. The van der Waals surface area contributed by atoms with E-state index >= 15 is 0 Å². The molecule has 21 heavy (non-hydrogen) atoms. The van der Waals surface area contributed by atoms with Crippen molar-refractivity contribution >= 4 is 0 Å². The number of ether oxygens (including phenoxy) is 4. The Bertz CT molecular complexity index is 365. The Hall–Kier alpha value is -0.360. The average molecular weight is 308 g/mol. The molecule has 0 aliphatic carbocycles. The molecule has 9 nitrogen and oxygen atoms in total. The smallest absolute Gasteiger partial charge is 0.187 e. The molecule has 3 fully saturated rings. The van der Waals surface area contributed by atoms with Gasteiger partial charge in [0.15, 0.2) is 6.29 Å². The number of hydrogen-bond acceptors (Lipinski definition) is 9. The lowest BCUT2D eigenvalue weighted by atomic mass is 9.99. The normalized spacial score (nSPS) is 53.9. The van der Waals surface area contributed by atoms with Gasteiger partial charge in [0, 0.05) is 0 Å². The largest absolute Gasteiger partial charge is 0.394 e. The third kappa shape index (κ3) is 2.69. The van der Waals surface area contributed by atoms with E-state index in [-0.39, 0.29) is 13.2 Å². The van der Waals surface area contributed by atoms with Crippen LogP contribution in [0.1, 0.15) is 0 Å². The van der Waals surface area contributed by atoms with Gasteiger partial charge in [0.05, 0.1) is 19.8 Å². The molecule has 0 aromatic carbocycles. The molecule has 3 aliphatic heterocycles. The number of hydrogen-bond donors (Lipinski definition) is 5. The highest BCUT2D eigenvalue weighted by Crippen LogP contribution is 2.31. The van der Waals surface area contributed by atoms with Gasteiger partial charge in [0.2, 0.25) is 0 Å². The van der Waals surface area contributed by atoms with Crippen LogP contribution in [0.25, 0.3) is 0 Å². The minimum absolute atomic E-state index is 0.143. The second kappa shape index (κ2) is 6.03. The molecule has 0 aromatic rings. The molecule has 9 heteroatoms. The summed E-state index contributed by atoms with van der Waals surface area (Å²) < 4.78 is 21.6. The lowest BCUT2D eigenvalue weighted by molar-refractivity contribution is -0.315. The van der Waals surface area contributed by atoms with Gasteiger partial charge in [-0.2, -0.15) is 0 Å². The molecule has 3 rings (SSSR count). The molecule has 0 aromatic heterocycles. The Morgan fingerprint density at radius 3 is 2.33 bits per heavy atom. The van der Waals surface area contributed by atoms with Gasteiger partial charge in [-0.25, -0.2) is 0 Å². The van der Waals surface area contributed by atoms with Crippen LogP contribution in [0.2, 0.25) is 0 Å². The maximum Gasteiger partial charge on any atom is 0.187 e. The van der Waals surface area contributed by atoms with Crippen LogP contribution in [0.15, 0.2) is 0 Å². The summed E-state index contributed by atoms with van der Waals surface area (Å²) in [5.41, 5.74) is 0. The first kappa shape index (κ1) is 15.5. The maximum atomic E-state index is 9.90. The molecule has 0 saturated carbocycles. The lowest BCUT2D eigenvalue weighted by Gasteiger charge is -2.40. The molecule has 0 spiro atoms. The van der Waals surface area contributed by atoms with Crippen molar-refractivity contribution in [2.75, 3.05) is 19.8 Å². The molecule has 0 unspecified atom stereocenters. The van der Waals surface area contributed by atoms with Crippen LogP contribution < -0.4 is 0 Å². The van der Waals surface area contributed by atoms with Crippen molar-refractivity contribution < 1.29 is 44.5 Å². The second-order valence-electron chi connectivity index (χ2n) is 5.54. The Morgan fingerprint density at radius 2 is 1.62 bits per heavy atom. The van der Waals surface area contributed by atoms with Gasteiger partial charge >= 0.3 is 0 Å². The molecular formula is C12H20O9. The molecule has 3 saturated heterocycles. The van der Waals surface area contributed by atoms with Crippen molar-refractivity contribution in [2.45, 2.75) is 55.1 Å². The number of aliphatic hydroxyl groups is 5. The van der Waals surface area contributed by atoms with Gasteiger partial charge in [-0.1, -0.05) is 0 Å². The van der Waals surface area contributed by atoms with Gasteiger partial charge in [-0.3, -0.25) is 0 Å². The Balaban J connectivity index is 1.64. The van der Waals surface area contributed by atoms with Crippen molar-refractivity contribution in [2.24, 2.45) is 0 Å². The molecule has 5 N–H and O–H groups in total. The van der Waals surface area contributed by atoms with Crippen LogP contribution >= 0.6 is 0 Å². The van der Waals surface area contributed by atoms with Crippen molar-refractivity contribution in [3.05, 3.63) is 0 Å². The van der Waals surface area contributed by atoms with Gasteiger partial charge in [0.25, 0.3) is 0 Å². The van der Waals surface area contributed by atoms with Crippen molar-refractivity contribution in [1.82, 2.24) is 0 Å². The van der Waals surface area contributed by atoms with E-state index in [1.54, 1.807) is 0 Å². The summed E-state index contributed by atoms with van der Waals surface area (Å²) in [5, 5.41) is 48.0. The van der Waals surface area contributed by atoms with Gasteiger partial charge < -0.3 is 44.5 Å². The Kier molecular flexibility index (Phi) is 4.46. The SMILES string of the molecule is OC[C@H]1O[C@@H](O[C@H]2CO[C@H]3[C@@H]2OC[C@H]3O)[C@H](O)[C@@H](O)[C@@H]1O. The van der Waals surface area contributed by atoms with E-state index < -0.39 is 61.7 Å². The number of aliphatic hydroxyl groups excluding tert-OH is 5. The zero-order valence-corrected chi connectivity index (χ0v) is 11.2. The van der Waals surface area contributed by atoms with Crippen LogP contribution in [0.4, 0.5) is 0 Å². The first-order valence-electron chi connectivity index (χ1n) is 6.90. The van der Waals surface area contributed by atoms with Crippen molar-refractivity contribution in [1.29, 1.82) is 0 Å². The molecule has 9 atom stereocenters. The van der Waals surface area contributed by atoms with Crippen LogP contribution in [-0.2, 0) is 18.9 Å². The number of rotatable bonds is 3. The zero-order chi connectivity index (χ0) is 15.1. The summed E-state index contributed by atoms with van der Waals surface area (Å²) in [6, 6.07) is 0. The summed E-state index contributed by atoms with van der Waals surface area (Å²) in [6.07, 6.45) is -8.90. The van der Waals surface area contributed by atoms with Gasteiger partial charge in [0.1, 0.15) is 48.8 Å². The van der Waals surface area contributed by atoms with Gasteiger partial charge in [-0.05, 0) is 0 Å². The van der Waals surface area contributed by atoms with Crippen molar-refractivity contribution in [3.63, 3.8) is 0 Å². The first-order chi connectivity index (χ1) is 10.0. The highest BCUT2D eigenvalue weighted by Gasteiger charge is 2.51. The quantitative estimate of drug-likeness (QED) is 0.357. The summed E-state index contributed by atoms with van der Waals surface area (Å²) in [4.78, 5) is 0. The van der Waals surface area contributed by atoms with Crippen LogP contribution in [0.3, 0.4) is 0 Å². The standard InChI is InChI=1S/C12H20O9/c13-1-5-7(15)8(16)9(17)12(20-5)21-6-3-19-10-4(14)2-18-11(6)10/h4-17H,1-3H2/t4-,5-,6+,7-,8+,9-,10-,11-,12+/m1/s1. The summed E-state index contributed by atoms with van der Waals surface area (Å²) in [7, 11) is 0. The van der Waals surface area contributed by atoms with Gasteiger partial charge in [-0.15, -0.1) is 0 Å². The third-order valence-electron chi connectivity index (χ3n) is 4.14. The molecule has 0 amide bonds. The summed E-state index contributed by atoms with van der Waals surface area (Å²) in [6.45, 7) is -0.224. The summed E-state index contributed by atoms with van der Waals surface area (Å²) >= 11 is 0. The fourth-order valence-corrected chi connectivity index (χ4v) is 2.91. The maximum absolute atomic E-state index is 9.90. The first-order valence-corrected chi connectivity index (χ1v) is 6.90. The fourth-order valence-electron chi connectivity index (χ4n) is 2.91. The van der Waals surface area contributed by atoms with E-state index in [1.165, 1.54) is 0 Å². The monoisotopic (exact) mass is 308 g/mol. The van der Waals surface area contributed by atoms with E-state index in [9.17, 15) is 20.4 Å².